The molecule has 0 spiro atoms. The maximum Gasteiger partial charge on any atom is 0.319 e. The molecule has 37 heavy (non-hydrogen) atoms. The lowest BCUT2D eigenvalue weighted by Gasteiger charge is -2.28. The molecule has 9 nitrogen and oxygen atoms in total. The molecule has 0 radical (unpaired) electrons. The number of para-hydroxylation sites is 1. The number of likely N-dealkylation sites (N-methyl/N-ethyl adjacent to an activating group) is 1. The highest BCUT2D eigenvalue weighted by atomic mass is 16.5. The lowest BCUT2D eigenvalue weighted by Crippen LogP contribution is -2.39. The van der Waals surface area contributed by atoms with Crippen molar-refractivity contribution in [3.63, 3.8) is 0 Å². The van der Waals surface area contributed by atoms with E-state index in [1.807, 2.05) is 18.2 Å². The van der Waals surface area contributed by atoms with Gasteiger partial charge in [0.2, 0.25) is 0 Å². The Kier molecular flexibility index (Phi) is 5.82. The van der Waals surface area contributed by atoms with E-state index in [2.05, 4.69) is 61.9 Å². The van der Waals surface area contributed by atoms with Crippen LogP contribution in [-0.2, 0) is 0 Å². The third kappa shape index (κ3) is 4.46. The molecule has 2 aromatic carbocycles. The number of rotatable bonds is 6. The Morgan fingerprint density at radius 2 is 2.03 bits per heavy atom. The number of anilines is 3. The Labute approximate surface area is 216 Å². The van der Waals surface area contributed by atoms with E-state index in [4.69, 9.17) is 14.7 Å². The molecule has 0 saturated carbocycles. The molecule has 3 fully saturated rings. The minimum absolute atomic E-state index is 0.418. The summed E-state index contributed by atoms with van der Waals surface area (Å²) < 4.78 is 6.25. The highest BCUT2D eigenvalue weighted by Crippen LogP contribution is 2.33. The molecule has 9 heteroatoms. The molecule has 192 valence electrons. The molecular weight excluding hydrogens is 464 g/mol. The van der Waals surface area contributed by atoms with Crippen molar-refractivity contribution in [2.24, 2.45) is 5.92 Å². The van der Waals surface area contributed by atoms with Crippen molar-refractivity contribution in [3.05, 3.63) is 42.5 Å². The molecular formula is C28H34N8O. The fourth-order valence-electron chi connectivity index (χ4n) is 6.18. The molecule has 3 aliphatic rings. The number of H-pyrrole nitrogens is 1. The van der Waals surface area contributed by atoms with E-state index in [-0.39, 0.29) is 0 Å². The topological polar surface area (TPSA) is 94.2 Å². The van der Waals surface area contributed by atoms with Crippen LogP contribution in [0, 0.1) is 5.92 Å². The van der Waals surface area contributed by atoms with Crippen molar-refractivity contribution in [1.29, 1.82) is 0 Å². The third-order valence-electron chi connectivity index (χ3n) is 8.33. The van der Waals surface area contributed by atoms with Gasteiger partial charge in [-0.3, -0.25) is 5.10 Å². The molecule has 2 aromatic heterocycles. The van der Waals surface area contributed by atoms with Crippen LogP contribution in [0.15, 0.2) is 42.5 Å². The Morgan fingerprint density at radius 1 is 1.08 bits per heavy atom. The normalized spacial score (nSPS) is 24.1. The molecule has 0 amide bonds. The smallest absolute Gasteiger partial charge is 0.319 e. The average Bonchev–Trinajstić information content (AvgIpc) is 3.60. The quantitative estimate of drug-likeness (QED) is 0.368. The molecule has 0 aliphatic carbocycles. The summed E-state index contributed by atoms with van der Waals surface area (Å²) in [5.41, 5.74) is 2.83. The van der Waals surface area contributed by atoms with Crippen LogP contribution in [0.3, 0.4) is 0 Å². The van der Waals surface area contributed by atoms with Gasteiger partial charge in [0.25, 0.3) is 0 Å². The number of fused-ring (bicyclic) bond motifs is 4. The molecule has 7 rings (SSSR count). The molecule has 2 bridgehead atoms. The summed E-state index contributed by atoms with van der Waals surface area (Å²) in [6, 6.07) is 15.8. The van der Waals surface area contributed by atoms with Gasteiger partial charge in [-0.25, -0.2) is 0 Å². The fraction of sp³-hybridized carbons (Fsp3) is 0.464. The van der Waals surface area contributed by atoms with Crippen molar-refractivity contribution in [1.82, 2.24) is 30.4 Å². The molecule has 5 heterocycles. The summed E-state index contributed by atoms with van der Waals surface area (Å²) in [6.07, 6.45) is 4.81. The number of likely N-dealkylation sites (tertiary alicyclic amines) is 1. The first-order valence-corrected chi connectivity index (χ1v) is 13.5. The van der Waals surface area contributed by atoms with Crippen LogP contribution >= 0.6 is 0 Å². The molecule has 3 unspecified atom stereocenters. The van der Waals surface area contributed by atoms with Crippen LogP contribution in [0.2, 0.25) is 0 Å². The van der Waals surface area contributed by atoms with E-state index in [0.717, 1.165) is 77.6 Å². The van der Waals surface area contributed by atoms with Gasteiger partial charge in [-0.15, -0.1) is 0 Å². The second-order valence-corrected chi connectivity index (χ2v) is 10.8. The maximum atomic E-state index is 6.25. The first-order chi connectivity index (χ1) is 18.2. The molecule has 3 aliphatic heterocycles. The zero-order chi connectivity index (χ0) is 24.8. The zero-order valence-electron chi connectivity index (χ0n) is 21.3. The maximum absolute atomic E-state index is 6.25. The minimum Gasteiger partial charge on any atom is -0.462 e. The average molecular weight is 499 g/mol. The van der Waals surface area contributed by atoms with E-state index in [1.165, 1.54) is 19.3 Å². The summed E-state index contributed by atoms with van der Waals surface area (Å²) in [6.45, 7) is 4.86. The van der Waals surface area contributed by atoms with E-state index >= 15 is 0 Å². The van der Waals surface area contributed by atoms with Gasteiger partial charge in [0.1, 0.15) is 12.4 Å². The van der Waals surface area contributed by atoms with Crippen LogP contribution < -0.4 is 20.3 Å². The second-order valence-electron chi connectivity index (χ2n) is 10.8. The number of nitrogens with one attached hydrogen (secondary N) is 3. The highest BCUT2D eigenvalue weighted by molar-refractivity contribution is 5.95. The molecule has 4 aromatic rings. The first kappa shape index (κ1) is 22.7. The summed E-state index contributed by atoms with van der Waals surface area (Å²) in [4.78, 5) is 14.7. The number of benzene rings is 2. The first-order valence-electron chi connectivity index (χ1n) is 13.5. The highest BCUT2D eigenvalue weighted by Gasteiger charge is 2.31. The van der Waals surface area contributed by atoms with Crippen molar-refractivity contribution in [2.75, 3.05) is 50.1 Å². The second kappa shape index (κ2) is 9.46. The largest absolute Gasteiger partial charge is 0.462 e. The number of nitrogens with zero attached hydrogens (tertiary/aromatic N) is 5. The van der Waals surface area contributed by atoms with Crippen molar-refractivity contribution in [3.8, 4) is 6.01 Å². The van der Waals surface area contributed by atoms with Crippen LogP contribution in [0.4, 0.5) is 17.3 Å². The zero-order valence-corrected chi connectivity index (χ0v) is 21.3. The summed E-state index contributed by atoms with van der Waals surface area (Å²) >= 11 is 0. The lowest BCUT2D eigenvalue weighted by molar-refractivity contribution is 0.188. The van der Waals surface area contributed by atoms with E-state index in [0.29, 0.717) is 24.7 Å². The van der Waals surface area contributed by atoms with Crippen LogP contribution in [0.5, 0.6) is 6.01 Å². The number of hydrogen-bond acceptors (Lipinski definition) is 8. The summed E-state index contributed by atoms with van der Waals surface area (Å²) in [7, 11) is 2.17. The monoisotopic (exact) mass is 498 g/mol. The number of hydrogen-bond donors (Lipinski definition) is 3. The van der Waals surface area contributed by atoms with Gasteiger partial charge in [0, 0.05) is 41.6 Å². The van der Waals surface area contributed by atoms with Gasteiger partial charge < -0.3 is 25.2 Å². The summed E-state index contributed by atoms with van der Waals surface area (Å²) in [5.74, 6) is 2.54. The van der Waals surface area contributed by atoms with Crippen LogP contribution in [0.25, 0.3) is 21.8 Å². The van der Waals surface area contributed by atoms with Crippen molar-refractivity contribution in [2.45, 2.75) is 37.8 Å². The summed E-state index contributed by atoms with van der Waals surface area (Å²) in [5, 5.41) is 16.9. The van der Waals surface area contributed by atoms with Gasteiger partial charge in [0.15, 0.2) is 5.82 Å². The van der Waals surface area contributed by atoms with Crippen molar-refractivity contribution >= 4 is 39.1 Å². The van der Waals surface area contributed by atoms with Gasteiger partial charge in [-0.1, -0.05) is 12.1 Å². The molecule has 3 N–H and O–H groups in total. The van der Waals surface area contributed by atoms with Gasteiger partial charge in [-0.05, 0) is 82.1 Å². The number of aromatic nitrogens is 4. The minimum atomic E-state index is 0.418. The number of aromatic amines is 1. The van der Waals surface area contributed by atoms with Gasteiger partial charge in [-0.2, -0.15) is 15.1 Å². The van der Waals surface area contributed by atoms with E-state index < -0.39 is 0 Å². The third-order valence-corrected chi connectivity index (χ3v) is 8.33. The van der Waals surface area contributed by atoms with E-state index in [9.17, 15) is 0 Å². The predicted molar refractivity (Wildman–Crippen MR) is 147 cm³/mol. The predicted octanol–water partition coefficient (Wildman–Crippen LogP) is 3.91. The SMILES string of the molecule is CN1CCCC1COc1nc(N2CCC3CNC(C3)C2)c2ccc(Nc3n[nH]c4ccccc34)cc2n1. The Morgan fingerprint density at radius 3 is 2.95 bits per heavy atom. The van der Waals surface area contributed by atoms with Gasteiger partial charge in [0.05, 0.1) is 11.0 Å². The van der Waals surface area contributed by atoms with Crippen LogP contribution in [-0.4, -0.2) is 77.0 Å². The van der Waals surface area contributed by atoms with E-state index in [1.54, 1.807) is 0 Å². The van der Waals surface area contributed by atoms with Crippen LogP contribution in [0.1, 0.15) is 25.7 Å². The van der Waals surface area contributed by atoms with Crippen molar-refractivity contribution < 1.29 is 4.74 Å². The lowest BCUT2D eigenvalue weighted by atomic mass is 10.0. The Hall–Kier alpha value is -3.43. The van der Waals surface area contributed by atoms with Gasteiger partial charge >= 0.3 is 6.01 Å². The Balaban J connectivity index is 1.23. The Bertz CT molecular complexity index is 1420. The molecule has 3 atom stereocenters. The number of ether oxygens (including phenoxy) is 1. The standard InChI is InChI=1S/C28H34N8O/c1-35-11-4-5-21(35)17-37-28-31-25-14-19(30-26-22-6-2-3-7-24(22)33-34-26)8-9-23(25)27(32-28)36-12-10-18-13-20(16-36)29-15-18/h2-3,6-9,14,18,20-21,29H,4-5,10-13,15-17H2,1H3,(H2,30,33,34). The molecule has 3 saturated heterocycles. The fourth-order valence-corrected chi connectivity index (χ4v) is 6.18.